The molecule has 3 nitrogen and oxygen atoms in total. The minimum atomic E-state index is -4.09. The fourth-order valence-corrected chi connectivity index (χ4v) is 3.22. The van der Waals surface area contributed by atoms with Crippen LogP contribution in [0.3, 0.4) is 0 Å². The maximum Gasteiger partial charge on any atom is 0.391 e. The van der Waals surface area contributed by atoms with Crippen molar-refractivity contribution in [2.75, 3.05) is 20.2 Å². The van der Waals surface area contributed by atoms with Gasteiger partial charge in [0.15, 0.2) is 0 Å². The molecule has 1 aliphatic heterocycles. The summed E-state index contributed by atoms with van der Waals surface area (Å²) in [5.74, 6) is -1.58. The number of rotatable bonds is 3. The SMILES string of the molecule is COC(=O)c1sccc1CN1CCC(C(F)(F)F)CC1. The Morgan fingerprint density at radius 2 is 2.10 bits per heavy atom. The van der Waals surface area contributed by atoms with E-state index in [1.54, 1.807) is 5.38 Å². The molecule has 0 bridgehead atoms. The van der Waals surface area contributed by atoms with Crippen LogP contribution in [0.15, 0.2) is 11.4 Å². The average molecular weight is 307 g/mol. The van der Waals surface area contributed by atoms with Gasteiger partial charge in [-0.15, -0.1) is 11.3 Å². The van der Waals surface area contributed by atoms with Gasteiger partial charge in [0.2, 0.25) is 0 Å². The predicted molar refractivity (Wildman–Crippen MR) is 69.7 cm³/mol. The van der Waals surface area contributed by atoms with Crippen molar-refractivity contribution in [3.05, 3.63) is 21.9 Å². The first-order valence-corrected chi connectivity index (χ1v) is 7.23. The molecule has 1 aliphatic rings. The Balaban J connectivity index is 1.93. The molecule has 0 N–H and O–H groups in total. The lowest BCUT2D eigenvalue weighted by Crippen LogP contribution is -2.38. The highest BCUT2D eigenvalue weighted by atomic mass is 32.1. The number of thiophene rings is 1. The zero-order valence-electron chi connectivity index (χ0n) is 11.1. The lowest BCUT2D eigenvalue weighted by Gasteiger charge is -2.32. The summed E-state index contributed by atoms with van der Waals surface area (Å²) in [6.45, 7) is 1.31. The molecule has 20 heavy (non-hydrogen) atoms. The fraction of sp³-hybridized carbons (Fsp3) is 0.615. The Hall–Kier alpha value is -1.08. The van der Waals surface area contributed by atoms with Crippen LogP contribution in [0.1, 0.15) is 28.1 Å². The van der Waals surface area contributed by atoms with Gasteiger partial charge in [0.25, 0.3) is 0 Å². The third kappa shape index (κ3) is 3.52. The lowest BCUT2D eigenvalue weighted by atomic mass is 9.96. The Morgan fingerprint density at radius 1 is 1.45 bits per heavy atom. The number of esters is 1. The minimum Gasteiger partial charge on any atom is -0.465 e. The molecule has 0 aliphatic carbocycles. The highest BCUT2D eigenvalue weighted by Gasteiger charge is 2.41. The summed E-state index contributed by atoms with van der Waals surface area (Å²) in [7, 11) is 1.32. The van der Waals surface area contributed by atoms with E-state index in [4.69, 9.17) is 4.74 Å². The smallest absolute Gasteiger partial charge is 0.391 e. The summed E-state index contributed by atoms with van der Waals surface area (Å²) >= 11 is 1.29. The van der Waals surface area contributed by atoms with Gasteiger partial charge in [0.1, 0.15) is 4.88 Å². The van der Waals surface area contributed by atoms with Gasteiger partial charge in [-0.05, 0) is 42.9 Å². The fourth-order valence-electron chi connectivity index (χ4n) is 2.39. The monoisotopic (exact) mass is 307 g/mol. The number of likely N-dealkylation sites (tertiary alicyclic amines) is 1. The lowest BCUT2D eigenvalue weighted by molar-refractivity contribution is -0.185. The molecule has 0 saturated carbocycles. The van der Waals surface area contributed by atoms with Gasteiger partial charge in [-0.1, -0.05) is 0 Å². The molecule has 0 aromatic carbocycles. The molecule has 7 heteroatoms. The van der Waals surface area contributed by atoms with Gasteiger partial charge in [0, 0.05) is 6.54 Å². The van der Waals surface area contributed by atoms with Crippen LogP contribution in [-0.2, 0) is 11.3 Å². The first kappa shape index (κ1) is 15.3. The third-order valence-electron chi connectivity index (χ3n) is 3.56. The minimum absolute atomic E-state index is 0.126. The van der Waals surface area contributed by atoms with E-state index in [0.29, 0.717) is 24.5 Å². The molecule has 0 unspecified atom stereocenters. The molecule has 0 atom stereocenters. The van der Waals surface area contributed by atoms with Crippen LogP contribution in [0.2, 0.25) is 0 Å². The summed E-state index contributed by atoms with van der Waals surface area (Å²) in [6.07, 6.45) is -3.84. The van der Waals surface area contributed by atoms with Crippen molar-refractivity contribution in [3.8, 4) is 0 Å². The van der Waals surface area contributed by atoms with Gasteiger partial charge in [-0.25, -0.2) is 4.79 Å². The van der Waals surface area contributed by atoms with Gasteiger partial charge >= 0.3 is 12.1 Å². The zero-order valence-corrected chi connectivity index (χ0v) is 11.9. The van der Waals surface area contributed by atoms with Crippen LogP contribution in [0, 0.1) is 5.92 Å². The van der Waals surface area contributed by atoms with Gasteiger partial charge in [-0.2, -0.15) is 13.2 Å². The van der Waals surface area contributed by atoms with E-state index in [0.717, 1.165) is 5.56 Å². The molecule has 0 spiro atoms. The van der Waals surface area contributed by atoms with Crippen LogP contribution in [0.5, 0.6) is 0 Å². The highest BCUT2D eigenvalue weighted by molar-refractivity contribution is 7.12. The second-order valence-corrected chi connectivity index (χ2v) is 5.77. The van der Waals surface area contributed by atoms with Crippen LogP contribution in [0.4, 0.5) is 13.2 Å². The summed E-state index contributed by atoms with van der Waals surface area (Å²) in [5.41, 5.74) is 0.826. The van der Waals surface area contributed by atoms with E-state index in [9.17, 15) is 18.0 Å². The van der Waals surface area contributed by atoms with Crippen molar-refractivity contribution in [1.29, 1.82) is 0 Å². The topological polar surface area (TPSA) is 29.5 Å². The molecular weight excluding hydrogens is 291 g/mol. The van der Waals surface area contributed by atoms with E-state index in [1.165, 1.54) is 18.4 Å². The van der Waals surface area contributed by atoms with Crippen LogP contribution < -0.4 is 0 Å². The second kappa shape index (κ2) is 6.13. The maximum absolute atomic E-state index is 12.6. The maximum atomic E-state index is 12.6. The summed E-state index contributed by atoms with van der Waals surface area (Å²) in [6, 6.07) is 1.83. The summed E-state index contributed by atoms with van der Waals surface area (Å²) < 4.78 is 42.4. The van der Waals surface area contributed by atoms with E-state index in [-0.39, 0.29) is 18.8 Å². The van der Waals surface area contributed by atoms with Gasteiger partial charge in [-0.3, -0.25) is 4.90 Å². The molecule has 1 aromatic heterocycles. The van der Waals surface area contributed by atoms with Crippen molar-refractivity contribution in [1.82, 2.24) is 4.90 Å². The highest BCUT2D eigenvalue weighted by Crippen LogP contribution is 2.34. The molecule has 112 valence electrons. The number of ether oxygens (including phenoxy) is 1. The Morgan fingerprint density at radius 3 is 2.65 bits per heavy atom. The molecule has 0 amide bonds. The number of piperidine rings is 1. The molecule has 1 saturated heterocycles. The predicted octanol–water partition coefficient (Wildman–Crippen LogP) is 3.31. The number of nitrogens with zero attached hydrogens (tertiary/aromatic N) is 1. The number of halogens is 3. The zero-order chi connectivity index (χ0) is 14.8. The molecule has 2 rings (SSSR count). The van der Waals surface area contributed by atoms with Crippen molar-refractivity contribution < 1.29 is 22.7 Å². The number of carbonyl (C=O) groups is 1. The number of alkyl halides is 3. The van der Waals surface area contributed by atoms with E-state index in [2.05, 4.69) is 0 Å². The van der Waals surface area contributed by atoms with Gasteiger partial charge < -0.3 is 4.74 Å². The van der Waals surface area contributed by atoms with Crippen molar-refractivity contribution >= 4 is 17.3 Å². The Kier molecular flexibility index (Phi) is 4.70. The van der Waals surface area contributed by atoms with Crippen LogP contribution >= 0.6 is 11.3 Å². The van der Waals surface area contributed by atoms with Crippen LogP contribution in [0.25, 0.3) is 0 Å². The quantitative estimate of drug-likeness (QED) is 0.802. The van der Waals surface area contributed by atoms with E-state index < -0.39 is 12.1 Å². The number of methoxy groups -OCH3 is 1. The number of carbonyl (C=O) groups excluding carboxylic acids is 1. The first-order valence-electron chi connectivity index (χ1n) is 6.35. The molecular formula is C13H16F3NO2S. The average Bonchev–Trinajstić information content (AvgIpc) is 2.85. The standard InChI is InChI=1S/C13H16F3NO2S/c1-19-12(18)11-9(4-7-20-11)8-17-5-2-10(3-6-17)13(14,15)16/h4,7,10H,2-3,5-6,8H2,1H3. The summed E-state index contributed by atoms with van der Waals surface area (Å²) in [5, 5.41) is 1.80. The Bertz CT molecular complexity index is 464. The second-order valence-electron chi connectivity index (χ2n) is 4.86. The van der Waals surface area contributed by atoms with Crippen molar-refractivity contribution in [3.63, 3.8) is 0 Å². The largest absolute Gasteiger partial charge is 0.465 e. The van der Waals surface area contributed by atoms with E-state index >= 15 is 0 Å². The van der Waals surface area contributed by atoms with Gasteiger partial charge in [0.05, 0.1) is 13.0 Å². The van der Waals surface area contributed by atoms with Crippen LogP contribution in [-0.4, -0.2) is 37.2 Å². The summed E-state index contributed by atoms with van der Waals surface area (Å²) in [4.78, 5) is 14.0. The molecule has 1 aromatic rings. The molecule has 1 fully saturated rings. The van der Waals surface area contributed by atoms with Crippen molar-refractivity contribution in [2.24, 2.45) is 5.92 Å². The number of hydrogen-bond acceptors (Lipinski definition) is 4. The van der Waals surface area contributed by atoms with Crippen molar-refractivity contribution in [2.45, 2.75) is 25.6 Å². The number of hydrogen-bond donors (Lipinski definition) is 0. The Labute approximate surface area is 119 Å². The normalized spacial score (nSPS) is 18.2. The molecule has 2 heterocycles. The first-order chi connectivity index (χ1) is 9.41. The van der Waals surface area contributed by atoms with E-state index in [1.807, 2.05) is 11.0 Å². The third-order valence-corrected chi connectivity index (χ3v) is 4.50. The molecule has 0 radical (unpaired) electrons.